The summed E-state index contributed by atoms with van der Waals surface area (Å²) in [6.07, 6.45) is 3.61. The zero-order valence-electron chi connectivity index (χ0n) is 15.4. The number of carbonyl (C=O) groups is 2. The van der Waals surface area contributed by atoms with E-state index < -0.39 is 0 Å². The summed E-state index contributed by atoms with van der Waals surface area (Å²) in [6, 6.07) is 14.9. The molecule has 138 valence electrons. The molecular formula is C21H22N4O2. The minimum atomic E-state index is -0.280. The van der Waals surface area contributed by atoms with Gasteiger partial charge in [0.2, 0.25) is 5.91 Å². The van der Waals surface area contributed by atoms with E-state index in [1.54, 1.807) is 18.3 Å². The number of aryl methyl sites for hydroxylation is 2. The Hall–Kier alpha value is -3.41. The molecule has 0 saturated heterocycles. The third kappa shape index (κ3) is 4.82. The Bertz CT molecular complexity index is 911. The molecule has 3 aromatic rings. The molecule has 3 rings (SSSR count). The van der Waals surface area contributed by atoms with Gasteiger partial charge in [-0.25, -0.2) is 0 Å². The molecule has 0 aliphatic heterocycles. The first-order valence-electron chi connectivity index (χ1n) is 8.73. The van der Waals surface area contributed by atoms with Crippen molar-refractivity contribution in [2.24, 2.45) is 0 Å². The van der Waals surface area contributed by atoms with Crippen LogP contribution in [0, 0.1) is 13.8 Å². The largest absolute Gasteiger partial charge is 0.343 e. The highest BCUT2D eigenvalue weighted by Gasteiger charge is 2.10. The number of hydrogen-bond acceptors (Lipinski definition) is 3. The van der Waals surface area contributed by atoms with Crippen LogP contribution in [0.3, 0.4) is 0 Å². The molecular weight excluding hydrogens is 340 g/mol. The molecule has 27 heavy (non-hydrogen) atoms. The van der Waals surface area contributed by atoms with Gasteiger partial charge in [-0.15, -0.1) is 0 Å². The Kier molecular flexibility index (Phi) is 5.66. The van der Waals surface area contributed by atoms with E-state index in [4.69, 9.17) is 0 Å². The molecule has 1 heterocycles. The first-order valence-corrected chi connectivity index (χ1v) is 8.73. The topological polar surface area (TPSA) is 76.0 Å². The summed E-state index contributed by atoms with van der Waals surface area (Å²) in [5.74, 6) is -0.534. The van der Waals surface area contributed by atoms with Gasteiger partial charge in [0.05, 0.1) is 13.1 Å². The SMILES string of the molecule is Cc1cccc(C)c1NC(=O)CNC(=O)c1ccc(Cn2cccn2)cc1. The molecule has 2 amide bonds. The van der Waals surface area contributed by atoms with E-state index >= 15 is 0 Å². The third-order valence-corrected chi connectivity index (χ3v) is 4.27. The Balaban J connectivity index is 1.53. The van der Waals surface area contributed by atoms with Gasteiger partial charge in [0.1, 0.15) is 0 Å². The fourth-order valence-electron chi connectivity index (χ4n) is 2.80. The van der Waals surface area contributed by atoms with Crippen molar-refractivity contribution >= 4 is 17.5 Å². The van der Waals surface area contributed by atoms with Crippen LogP contribution in [0.2, 0.25) is 0 Å². The maximum atomic E-state index is 12.3. The molecule has 0 radical (unpaired) electrons. The number of nitrogens with zero attached hydrogens (tertiary/aromatic N) is 2. The van der Waals surface area contributed by atoms with E-state index in [-0.39, 0.29) is 18.4 Å². The van der Waals surface area contributed by atoms with Gasteiger partial charge >= 0.3 is 0 Å². The summed E-state index contributed by atoms with van der Waals surface area (Å²) < 4.78 is 1.81. The maximum absolute atomic E-state index is 12.3. The fourth-order valence-corrected chi connectivity index (χ4v) is 2.80. The van der Waals surface area contributed by atoms with Gasteiger partial charge in [-0.1, -0.05) is 30.3 Å². The summed E-state index contributed by atoms with van der Waals surface area (Å²) in [6.45, 7) is 4.44. The van der Waals surface area contributed by atoms with Gasteiger partial charge in [0.25, 0.3) is 5.91 Å². The van der Waals surface area contributed by atoms with E-state index in [9.17, 15) is 9.59 Å². The van der Waals surface area contributed by atoms with Crippen molar-refractivity contribution in [3.05, 3.63) is 83.2 Å². The molecule has 6 heteroatoms. The third-order valence-electron chi connectivity index (χ3n) is 4.27. The first-order chi connectivity index (χ1) is 13.0. The van der Waals surface area contributed by atoms with Crippen LogP contribution in [-0.2, 0) is 11.3 Å². The second-order valence-electron chi connectivity index (χ2n) is 6.40. The predicted octanol–water partition coefficient (Wildman–Crippen LogP) is 2.92. The standard InChI is InChI=1S/C21H22N4O2/c1-15-5-3-6-16(2)20(15)24-19(26)13-22-21(27)18-9-7-17(8-10-18)14-25-12-4-11-23-25/h3-12H,13-14H2,1-2H3,(H,22,27)(H,24,26). The van der Waals surface area contributed by atoms with Crippen LogP contribution in [-0.4, -0.2) is 28.1 Å². The van der Waals surface area contributed by atoms with Crippen LogP contribution in [0.4, 0.5) is 5.69 Å². The summed E-state index contributed by atoms with van der Waals surface area (Å²) in [5, 5.41) is 9.67. The minimum absolute atomic E-state index is 0.0817. The molecule has 0 atom stereocenters. The zero-order chi connectivity index (χ0) is 19.2. The molecule has 0 aliphatic rings. The Morgan fingerprint density at radius 3 is 2.33 bits per heavy atom. The van der Waals surface area contributed by atoms with Gasteiger partial charge < -0.3 is 10.6 Å². The van der Waals surface area contributed by atoms with Gasteiger partial charge in [-0.2, -0.15) is 5.10 Å². The molecule has 2 aromatic carbocycles. The predicted molar refractivity (Wildman–Crippen MR) is 105 cm³/mol. The number of carbonyl (C=O) groups excluding carboxylic acids is 2. The smallest absolute Gasteiger partial charge is 0.251 e. The van der Waals surface area contributed by atoms with Crippen molar-refractivity contribution in [3.63, 3.8) is 0 Å². The average Bonchev–Trinajstić information content (AvgIpc) is 3.16. The van der Waals surface area contributed by atoms with Crippen molar-refractivity contribution < 1.29 is 9.59 Å². The van der Waals surface area contributed by atoms with Crippen molar-refractivity contribution in [2.75, 3.05) is 11.9 Å². The summed E-state index contributed by atoms with van der Waals surface area (Å²) in [7, 11) is 0. The van der Waals surface area contributed by atoms with E-state index in [1.165, 1.54) is 0 Å². The number of rotatable bonds is 6. The number of hydrogen-bond donors (Lipinski definition) is 2. The summed E-state index contributed by atoms with van der Waals surface area (Å²) >= 11 is 0. The fraction of sp³-hybridized carbons (Fsp3) is 0.190. The highest BCUT2D eigenvalue weighted by Crippen LogP contribution is 2.19. The molecule has 0 bridgehead atoms. The highest BCUT2D eigenvalue weighted by molar-refractivity contribution is 5.99. The van der Waals surface area contributed by atoms with Gasteiger partial charge in [-0.05, 0) is 48.7 Å². The van der Waals surface area contributed by atoms with Crippen molar-refractivity contribution in [2.45, 2.75) is 20.4 Å². The second-order valence-corrected chi connectivity index (χ2v) is 6.40. The van der Waals surface area contributed by atoms with E-state index in [0.717, 1.165) is 22.4 Å². The quantitative estimate of drug-likeness (QED) is 0.708. The van der Waals surface area contributed by atoms with E-state index in [2.05, 4.69) is 15.7 Å². The lowest BCUT2D eigenvalue weighted by molar-refractivity contribution is -0.115. The number of nitrogens with one attached hydrogen (secondary N) is 2. The second kappa shape index (κ2) is 8.31. The normalized spacial score (nSPS) is 10.4. The van der Waals surface area contributed by atoms with Gasteiger partial charge in [0, 0.05) is 23.6 Å². The van der Waals surface area contributed by atoms with Crippen LogP contribution in [0.15, 0.2) is 60.9 Å². The summed E-state index contributed by atoms with van der Waals surface area (Å²) in [5.41, 5.74) is 4.33. The van der Waals surface area contributed by atoms with E-state index in [1.807, 2.05) is 61.1 Å². The maximum Gasteiger partial charge on any atom is 0.251 e. The minimum Gasteiger partial charge on any atom is -0.343 e. The average molecular weight is 362 g/mol. The van der Waals surface area contributed by atoms with Crippen molar-refractivity contribution in [1.29, 1.82) is 0 Å². The Labute approximate surface area is 158 Å². The summed E-state index contributed by atoms with van der Waals surface area (Å²) in [4.78, 5) is 24.4. The van der Waals surface area contributed by atoms with Crippen LogP contribution in [0.25, 0.3) is 0 Å². The van der Waals surface area contributed by atoms with Crippen molar-refractivity contribution in [1.82, 2.24) is 15.1 Å². The van der Waals surface area contributed by atoms with Gasteiger partial charge in [0.15, 0.2) is 0 Å². The van der Waals surface area contributed by atoms with Crippen molar-refractivity contribution in [3.8, 4) is 0 Å². The molecule has 6 nitrogen and oxygen atoms in total. The molecule has 0 unspecified atom stereocenters. The molecule has 0 saturated carbocycles. The van der Waals surface area contributed by atoms with Gasteiger partial charge in [-0.3, -0.25) is 14.3 Å². The first kappa shape index (κ1) is 18.4. The highest BCUT2D eigenvalue weighted by atomic mass is 16.2. The van der Waals surface area contributed by atoms with Crippen LogP contribution < -0.4 is 10.6 Å². The molecule has 1 aromatic heterocycles. The Morgan fingerprint density at radius 1 is 1.00 bits per heavy atom. The molecule has 2 N–H and O–H groups in total. The molecule has 0 spiro atoms. The molecule has 0 fully saturated rings. The number of amides is 2. The number of aromatic nitrogens is 2. The zero-order valence-corrected chi connectivity index (χ0v) is 15.4. The van der Waals surface area contributed by atoms with Crippen LogP contribution in [0.1, 0.15) is 27.0 Å². The lowest BCUT2D eigenvalue weighted by atomic mass is 10.1. The molecule has 0 aliphatic carbocycles. The van der Waals surface area contributed by atoms with Crippen LogP contribution in [0.5, 0.6) is 0 Å². The van der Waals surface area contributed by atoms with E-state index in [0.29, 0.717) is 12.1 Å². The lowest BCUT2D eigenvalue weighted by Gasteiger charge is -2.12. The lowest BCUT2D eigenvalue weighted by Crippen LogP contribution is -2.33. The number of para-hydroxylation sites is 1. The monoisotopic (exact) mass is 362 g/mol. The number of anilines is 1. The Morgan fingerprint density at radius 2 is 1.70 bits per heavy atom. The number of benzene rings is 2. The van der Waals surface area contributed by atoms with Crippen LogP contribution >= 0.6 is 0 Å².